The molecule has 5 nitrogen and oxygen atoms in total. The van der Waals surface area contributed by atoms with Gasteiger partial charge in [-0.25, -0.2) is 0 Å². The fourth-order valence-corrected chi connectivity index (χ4v) is 2.62. The SMILES string of the molecule is COCCN1CCCC1CNC(=O)c1cccc(N)c1.Cl.Cl. The Kier molecular flexibility index (Phi) is 10.2. The third-order valence-corrected chi connectivity index (χ3v) is 3.73. The lowest BCUT2D eigenvalue weighted by atomic mass is 10.1. The van der Waals surface area contributed by atoms with Crippen molar-refractivity contribution in [2.24, 2.45) is 0 Å². The number of hydrogen-bond acceptors (Lipinski definition) is 4. The van der Waals surface area contributed by atoms with Gasteiger partial charge in [0.15, 0.2) is 0 Å². The van der Waals surface area contributed by atoms with Crippen LogP contribution in [0.3, 0.4) is 0 Å². The molecular formula is C15H25Cl2N3O2. The molecule has 1 aliphatic rings. The summed E-state index contributed by atoms with van der Waals surface area (Å²) < 4.78 is 5.12. The number of benzene rings is 1. The van der Waals surface area contributed by atoms with Crippen LogP contribution >= 0.6 is 24.8 Å². The minimum Gasteiger partial charge on any atom is -0.399 e. The van der Waals surface area contributed by atoms with Crippen LogP contribution in [0.25, 0.3) is 0 Å². The van der Waals surface area contributed by atoms with Gasteiger partial charge in [-0.2, -0.15) is 0 Å². The number of nitrogens with zero attached hydrogens (tertiary/aromatic N) is 1. The average molecular weight is 350 g/mol. The summed E-state index contributed by atoms with van der Waals surface area (Å²) in [6.45, 7) is 3.43. The summed E-state index contributed by atoms with van der Waals surface area (Å²) in [5.41, 5.74) is 6.92. The number of carbonyl (C=O) groups excluding carboxylic acids is 1. The monoisotopic (exact) mass is 349 g/mol. The summed E-state index contributed by atoms with van der Waals surface area (Å²) in [5.74, 6) is -0.0594. The van der Waals surface area contributed by atoms with E-state index >= 15 is 0 Å². The second kappa shape index (κ2) is 10.7. The number of likely N-dealkylation sites (tertiary alicyclic amines) is 1. The van der Waals surface area contributed by atoms with Crippen LogP contribution in [0.4, 0.5) is 5.69 Å². The van der Waals surface area contributed by atoms with Crippen LogP contribution in [0.5, 0.6) is 0 Å². The van der Waals surface area contributed by atoms with Crippen LogP contribution in [-0.2, 0) is 4.74 Å². The Hall–Kier alpha value is -1.01. The maximum Gasteiger partial charge on any atom is 0.251 e. The number of hydrogen-bond donors (Lipinski definition) is 2. The Morgan fingerprint density at radius 1 is 1.45 bits per heavy atom. The first-order valence-corrected chi connectivity index (χ1v) is 7.07. The summed E-state index contributed by atoms with van der Waals surface area (Å²) in [6, 6.07) is 7.47. The van der Waals surface area contributed by atoms with E-state index in [9.17, 15) is 4.79 Å². The zero-order valence-corrected chi connectivity index (χ0v) is 14.4. The van der Waals surface area contributed by atoms with E-state index in [-0.39, 0.29) is 30.7 Å². The van der Waals surface area contributed by atoms with Gasteiger partial charge in [0.2, 0.25) is 0 Å². The predicted octanol–water partition coefficient (Wildman–Crippen LogP) is 1.95. The standard InChI is InChI=1S/C15H23N3O2.2ClH/c1-20-9-8-18-7-3-6-14(18)11-17-15(19)12-4-2-5-13(16)10-12;;/h2,4-5,10,14H,3,6-9,11,16H2,1H3,(H,17,19);2*1H. The number of anilines is 1. The second-order valence-corrected chi connectivity index (χ2v) is 5.16. The van der Waals surface area contributed by atoms with E-state index in [2.05, 4.69) is 10.2 Å². The molecule has 0 aliphatic carbocycles. The average Bonchev–Trinajstić information content (AvgIpc) is 2.90. The molecule has 0 aromatic heterocycles. The first kappa shape index (κ1) is 21.0. The number of nitrogens with one attached hydrogen (secondary N) is 1. The molecule has 1 heterocycles. The Morgan fingerprint density at radius 3 is 2.91 bits per heavy atom. The molecule has 1 saturated heterocycles. The molecule has 1 aromatic rings. The van der Waals surface area contributed by atoms with Crippen molar-refractivity contribution in [3.8, 4) is 0 Å². The van der Waals surface area contributed by atoms with E-state index in [0.717, 1.165) is 26.1 Å². The highest BCUT2D eigenvalue weighted by Gasteiger charge is 2.24. The van der Waals surface area contributed by atoms with Crippen LogP contribution in [0, 0.1) is 0 Å². The lowest BCUT2D eigenvalue weighted by molar-refractivity contribution is 0.0933. The highest BCUT2D eigenvalue weighted by Crippen LogP contribution is 2.16. The van der Waals surface area contributed by atoms with Gasteiger partial charge in [-0.15, -0.1) is 24.8 Å². The summed E-state index contributed by atoms with van der Waals surface area (Å²) in [7, 11) is 1.71. The van der Waals surface area contributed by atoms with Gasteiger partial charge in [-0.05, 0) is 37.6 Å². The molecule has 1 aliphatic heterocycles. The van der Waals surface area contributed by atoms with E-state index in [1.165, 1.54) is 6.42 Å². The lowest BCUT2D eigenvalue weighted by Crippen LogP contribution is -2.41. The van der Waals surface area contributed by atoms with Crippen molar-refractivity contribution < 1.29 is 9.53 Å². The van der Waals surface area contributed by atoms with E-state index in [1.54, 1.807) is 31.4 Å². The number of amides is 1. The third kappa shape index (κ3) is 6.01. The Balaban J connectivity index is 0.00000220. The van der Waals surface area contributed by atoms with Crippen LogP contribution in [-0.4, -0.2) is 50.2 Å². The van der Waals surface area contributed by atoms with Crippen molar-refractivity contribution in [2.45, 2.75) is 18.9 Å². The Labute approximate surface area is 144 Å². The van der Waals surface area contributed by atoms with Crippen molar-refractivity contribution in [3.63, 3.8) is 0 Å². The zero-order chi connectivity index (χ0) is 14.4. The molecule has 1 amide bonds. The van der Waals surface area contributed by atoms with E-state index in [1.807, 2.05) is 0 Å². The quantitative estimate of drug-likeness (QED) is 0.770. The summed E-state index contributed by atoms with van der Waals surface area (Å²) in [5, 5.41) is 3.00. The second-order valence-electron chi connectivity index (χ2n) is 5.16. The van der Waals surface area contributed by atoms with Crippen LogP contribution < -0.4 is 11.1 Å². The molecule has 3 N–H and O–H groups in total. The minimum atomic E-state index is -0.0594. The number of nitrogen functional groups attached to an aromatic ring is 1. The highest BCUT2D eigenvalue weighted by atomic mass is 35.5. The Morgan fingerprint density at radius 2 is 2.23 bits per heavy atom. The van der Waals surface area contributed by atoms with Gasteiger partial charge in [0, 0.05) is 37.5 Å². The number of rotatable bonds is 6. The molecular weight excluding hydrogens is 325 g/mol. The maximum absolute atomic E-state index is 12.1. The minimum absolute atomic E-state index is 0. The van der Waals surface area contributed by atoms with Gasteiger partial charge in [-0.1, -0.05) is 6.07 Å². The first-order chi connectivity index (χ1) is 9.70. The predicted molar refractivity (Wildman–Crippen MR) is 94.2 cm³/mol. The number of ether oxygens (including phenoxy) is 1. The molecule has 0 bridgehead atoms. The molecule has 1 unspecified atom stereocenters. The molecule has 22 heavy (non-hydrogen) atoms. The fraction of sp³-hybridized carbons (Fsp3) is 0.533. The smallest absolute Gasteiger partial charge is 0.251 e. The molecule has 0 radical (unpaired) electrons. The number of halogens is 2. The van der Waals surface area contributed by atoms with Crippen molar-refractivity contribution in [1.29, 1.82) is 0 Å². The number of carbonyl (C=O) groups is 1. The van der Waals surface area contributed by atoms with Crippen molar-refractivity contribution in [2.75, 3.05) is 39.1 Å². The van der Waals surface area contributed by atoms with Gasteiger partial charge in [0.25, 0.3) is 5.91 Å². The summed E-state index contributed by atoms with van der Waals surface area (Å²) in [4.78, 5) is 14.4. The molecule has 126 valence electrons. The molecule has 0 spiro atoms. The fourth-order valence-electron chi connectivity index (χ4n) is 2.62. The molecule has 1 atom stereocenters. The van der Waals surface area contributed by atoms with Crippen LogP contribution in [0.1, 0.15) is 23.2 Å². The zero-order valence-electron chi connectivity index (χ0n) is 12.8. The van der Waals surface area contributed by atoms with Gasteiger partial charge in [-0.3, -0.25) is 9.69 Å². The highest BCUT2D eigenvalue weighted by molar-refractivity contribution is 5.95. The van der Waals surface area contributed by atoms with E-state index < -0.39 is 0 Å². The summed E-state index contributed by atoms with van der Waals surface area (Å²) in [6.07, 6.45) is 2.31. The Bertz CT molecular complexity index is 460. The lowest BCUT2D eigenvalue weighted by Gasteiger charge is -2.24. The molecule has 1 fully saturated rings. The van der Waals surface area contributed by atoms with Gasteiger partial charge in [0.1, 0.15) is 0 Å². The molecule has 0 saturated carbocycles. The van der Waals surface area contributed by atoms with E-state index in [4.69, 9.17) is 10.5 Å². The van der Waals surface area contributed by atoms with Gasteiger partial charge in [0.05, 0.1) is 6.61 Å². The number of nitrogens with two attached hydrogens (primary N) is 1. The molecule has 1 aromatic carbocycles. The molecule has 7 heteroatoms. The van der Waals surface area contributed by atoms with E-state index in [0.29, 0.717) is 23.8 Å². The van der Waals surface area contributed by atoms with Crippen LogP contribution in [0.2, 0.25) is 0 Å². The van der Waals surface area contributed by atoms with Crippen LogP contribution in [0.15, 0.2) is 24.3 Å². The summed E-state index contributed by atoms with van der Waals surface area (Å²) >= 11 is 0. The van der Waals surface area contributed by atoms with Crippen molar-refractivity contribution in [3.05, 3.63) is 29.8 Å². The topological polar surface area (TPSA) is 67.6 Å². The van der Waals surface area contributed by atoms with Gasteiger partial charge < -0.3 is 15.8 Å². The number of methoxy groups -OCH3 is 1. The molecule has 2 rings (SSSR count). The van der Waals surface area contributed by atoms with Gasteiger partial charge >= 0.3 is 0 Å². The maximum atomic E-state index is 12.1. The normalized spacial score (nSPS) is 17.4. The van der Waals surface area contributed by atoms with Crippen molar-refractivity contribution in [1.82, 2.24) is 10.2 Å². The third-order valence-electron chi connectivity index (χ3n) is 3.73. The van der Waals surface area contributed by atoms with Crippen molar-refractivity contribution >= 4 is 36.4 Å². The first-order valence-electron chi connectivity index (χ1n) is 7.07. The largest absolute Gasteiger partial charge is 0.399 e.